The summed E-state index contributed by atoms with van der Waals surface area (Å²) in [5.74, 6) is 0.632. The topological polar surface area (TPSA) is 41.1 Å². The molecule has 1 fully saturated rings. The highest BCUT2D eigenvalue weighted by molar-refractivity contribution is 7.20. The Bertz CT molecular complexity index is 1210. The Labute approximate surface area is 190 Å². The number of nitrogens with one attached hydrogen (secondary N) is 1. The van der Waals surface area contributed by atoms with Crippen LogP contribution in [0, 0.1) is 0 Å². The van der Waals surface area contributed by atoms with E-state index in [1.54, 1.807) is 23.5 Å². The number of anilines is 2. The molecule has 0 atom stereocenters. The van der Waals surface area contributed by atoms with Crippen molar-refractivity contribution < 1.29 is 8.78 Å². The van der Waals surface area contributed by atoms with Crippen LogP contribution in [0.4, 0.5) is 20.3 Å². The number of aromatic nitrogens is 2. The van der Waals surface area contributed by atoms with Crippen molar-refractivity contribution in [3.05, 3.63) is 77.0 Å². The zero-order valence-corrected chi connectivity index (χ0v) is 18.4. The quantitative estimate of drug-likeness (QED) is 0.452. The zero-order chi connectivity index (χ0) is 21.9. The molecule has 0 spiro atoms. The molecule has 2 aliphatic rings. The number of hydrogen-bond acceptors (Lipinski definition) is 5. The lowest BCUT2D eigenvalue weighted by Crippen LogP contribution is -2.21. The van der Waals surface area contributed by atoms with Crippen molar-refractivity contribution in [1.82, 2.24) is 14.9 Å². The van der Waals surface area contributed by atoms with Gasteiger partial charge >= 0.3 is 0 Å². The van der Waals surface area contributed by atoms with Gasteiger partial charge in [0.1, 0.15) is 6.33 Å². The van der Waals surface area contributed by atoms with Gasteiger partial charge in [-0.2, -0.15) is 0 Å². The van der Waals surface area contributed by atoms with Gasteiger partial charge in [-0.05, 0) is 61.7 Å². The van der Waals surface area contributed by atoms with Crippen LogP contribution in [0.3, 0.4) is 0 Å². The second-order valence-electron chi connectivity index (χ2n) is 8.12. The number of hydrogen-bond donors (Lipinski definition) is 1. The van der Waals surface area contributed by atoms with Gasteiger partial charge in [0, 0.05) is 22.7 Å². The van der Waals surface area contributed by atoms with Crippen molar-refractivity contribution >= 4 is 38.6 Å². The fraction of sp³-hybridized carbons (Fsp3) is 0.280. The lowest BCUT2D eigenvalue weighted by molar-refractivity contribution is 0.151. The summed E-state index contributed by atoms with van der Waals surface area (Å²) in [6, 6.07) is 8.35. The van der Waals surface area contributed by atoms with Crippen LogP contribution in [0.1, 0.15) is 36.1 Å². The molecular formula is C25H24F2N4S. The van der Waals surface area contributed by atoms with Gasteiger partial charge in [-0.3, -0.25) is 4.90 Å². The van der Waals surface area contributed by atoms with Crippen LogP contribution >= 0.6 is 11.3 Å². The van der Waals surface area contributed by atoms with E-state index in [2.05, 4.69) is 50.6 Å². The number of fused-ring (bicyclic) bond motifs is 1. The predicted octanol–water partition coefficient (Wildman–Crippen LogP) is 6.74. The molecule has 3 heterocycles. The normalized spacial score (nSPS) is 17.0. The van der Waals surface area contributed by atoms with Crippen molar-refractivity contribution in [3.8, 4) is 0 Å². The SMILES string of the molecule is FC(F)c1cccc(Nc2ncnc3cc(C4=CC=C(CN5CCCC5)C=CC4)sc23)c1. The summed E-state index contributed by atoms with van der Waals surface area (Å²) < 4.78 is 27.0. The van der Waals surface area contributed by atoms with Crippen LogP contribution in [-0.2, 0) is 0 Å². The van der Waals surface area contributed by atoms with Gasteiger partial charge in [-0.15, -0.1) is 11.3 Å². The summed E-state index contributed by atoms with van der Waals surface area (Å²) in [6.07, 6.45) is 11.4. The first-order valence-electron chi connectivity index (χ1n) is 10.8. The van der Waals surface area contributed by atoms with Crippen LogP contribution in [0.15, 0.2) is 66.5 Å². The summed E-state index contributed by atoms with van der Waals surface area (Å²) >= 11 is 1.63. The maximum atomic E-state index is 13.1. The molecule has 1 aromatic carbocycles. The minimum absolute atomic E-state index is 0.0147. The van der Waals surface area contributed by atoms with Crippen LogP contribution in [0.2, 0.25) is 0 Å². The molecular weight excluding hydrogens is 426 g/mol. The third-order valence-electron chi connectivity index (χ3n) is 5.80. The first-order chi connectivity index (χ1) is 15.7. The van der Waals surface area contributed by atoms with E-state index < -0.39 is 6.43 Å². The third-order valence-corrected chi connectivity index (χ3v) is 7.01. The van der Waals surface area contributed by atoms with Crippen molar-refractivity contribution in [3.63, 3.8) is 0 Å². The van der Waals surface area contributed by atoms with E-state index in [0.29, 0.717) is 11.5 Å². The molecule has 0 amide bonds. The molecule has 1 saturated heterocycles. The number of halogens is 2. The summed E-state index contributed by atoms with van der Waals surface area (Å²) in [6.45, 7) is 3.38. The van der Waals surface area contributed by atoms with Crippen LogP contribution in [-0.4, -0.2) is 34.5 Å². The number of alkyl halides is 2. The Balaban J connectivity index is 1.40. The molecule has 164 valence electrons. The second kappa shape index (κ2) is 9.30. The van der Waals surface area contributed by atoms with E-state index in [9.17, 15) is 8.78 Å². The van der Waals surface area contributed by atoms with E-state index in [-0.39, 0.29) is 5.56 Å². The molecule has 5 rings (SSSR count). The average Bonchev–Trinajstić information content (AvgIpc) is 3.40. The maximum absolute atomic E-state index is 13.1. The second-order valence-corrected chi connectivity index (χ2v) is 9.17. The fourth-order valence-electron chi connectivity index (χ4n) is 4.15. The molecule has 32 heavy (non-hydrogen) atoms. The van der Waals surface area contributed by atoms with Gasteiger partial charge in [-0.25, -0.2) is 18.7 Å². The molecule has 7 heteroatoms. The van der Waals surface area contributed by atoms with Crippen molar-refractivity contribution in [2.45, 2.75) is 25.7 Å². The minimum Gasteiger partial charge on any atom is -0.339 e. The molecule has 1 aliphatic carbocycles. The molecule has 2 aromatic heterocycles. The fourth-order valence-corrected chi connectivity index (χ4v) is 5.24. The molecule has 4 nitrogen and oxygen atoms in total. The Kier molecular flexibility index (Phi) is 6.10. The molecule has 1 N–H and O–H groups in total. The summed E-state index contributed by atoms with van der Waals surface area (Å²) in [4.78, 5) is 12.4. The van der Waals surface area contributed by atoms with E-state index in [1.165, 1.54) is 55.5 Å². The third kappa shape index (κ3) is 4.64. The Morgan fingerprint density at radius 2 is 1.97 bits per heavy atom. The zero-order valence-electron chi connectivity index (χ0n) is 17.6. The Hall–Kier alpha value is -2.90. The first kappa shape index (κ1) is 21.0. The minimum atomic E-state index is -2.51. The number of rotatable bonds is 6. The summed E-state index contributed by atoms with van der Waals surface area (Å²) in [5.41, 5.74) is 4.00. The van der Waals surface area contributed by atoms with E-state index in [1.807, 2.05) is 0 Å². The monoisotopic (exact) mass is 450 g/mol. The number of likely N-dealkylation sites (tertiary alicyclic amines) is 1. The van der Waals surface area contributed by atoms with Crippen molar-refractivity contribution in [2.24, 2.45) is 0 Å². The number of allylic oxidation sites excluding steroid dienone is 4. The van der Waals surface area contributed by atoms with Crippen LogP contribution in [0.25, 0.3) is 15.8 Å². The average molecular weight is 451 g/mol. The molecule has 3 aromatic rings. The van der Waals surface area contributed by atoms with Gasteiger partial charge in [0.15, 0.2) is 5.82 Å². The summed E-state index contributed by atoms with van der Waals surface area (Å²) in [7, 11) is 0. The lowest BCUT2D eigenvalue weighted by Gasteiger charge is -2.14. The smallest absolute Gasteiger partial charge is 0.263 e. The lowest BCUT2D eigenvalue weighted by atomic mass is 10.1. The largest absolute Gasteiger partial charge is 0.339 e. The highest BCUT2D eigenvalue weighted by atomic mass is 32.1. The number of nitrogens with zero attached hydrogens (tertiary/aromatic N) is 3. The van der Waals surface area contributed by atoms with Crippen molar-refractivity contribution in [1.29, 1.82) is 0 Å². The Morgan fingerprint density at radius 1 is 1.09 bits per heavy atom. The maximum Gasteiger partial charge on any atom is 0.263 e. The van der Waals surface area contributed by atoms with Gasteiger partial charge in [0.25, 0.3) is 6.43 Å². The van der Waals surface area contributed by atoms with E-state index >= 15 is 0 Å². The first-order valence-corrected chi connectivity index (χ1v) is 11.7. The number of thiophene rings is 1. The summed E-state index contributed by atoms with van der Waals surface area (Å²) in [5, 5.41) is 3.19. The standard InChI is InChI=1S/C25H24F2N4S/c26-24(27)19-7-4-8-20(13-19)30-25-23-21(28-16-29-25)14-22(32-23)18-6-3-5-17(9-10-18)15-31-11-1-2-12-31/h3-5,7-10,13-14,16,24H,1-2,6,11-12,15H2,(H,28,29,30). The van der Waals surface area contributed by atoms with Gasteiger partial charge in [0.05, 0.1) is 10.2 Å². The van der Waals surface area contributed by atoms with E-state index in [0.717, 1.165) is 28.1 Å². The number of benzene rings is 1. The molecule has 0 unspecified atom stereocenters. The molecule has 1 aliphatic heterocycles. The Morgan fingerprint density at radius 3 is 2.81 bits per heavy atom. The molecule has 0 radical (unpaired) electrons. The molecule has 0 bridgehead atoms. The highest BCUT2D eigenvalue weighted by Crippen LogP contribution is 2.36. The predicted molar refractivity (Wildman–Crippen MR) is 128 cm³/mol. The van der Waals surface area contributed by atoms with Gasteiger partial charge in [0.2, 0.25) is 0 Å². The van der Waals surface area contributed by atoms with Gasteiger partial charge in [-0.1, -0.05) is 36.4 Å². The van der Waals surface area contributed by atoms with Gasteiger partial charge < -0.3 is 5.32 Å². The molecule has 0 saturated carbocycles. The van der Waals surface area contributed by atoms with Crippen LogP contribution in [0.5, 0.6) is 0 Å². The highest BCUT2D eigenvalue weighted by Gasteiger charge is 2.15. The van der Waals surface area contributed by atoms with E-state index in [4.69, 9.17) is 0 Å². The van der Waals surface area contributed by atoms with Crippen molar-refractivity contribution in [2.75, 3.05) is 25.0 Å². The van der Waals surface area contributed by atoms with Crippen LogP contribution < -0.4 is 5.32 Å².